The van der Waals surface area contributed by atoms with Gasteiger partial charge in [-0.2, -0.15) is 8.78 Å². The van der Waals surface area contributed by atoms with Crippen LogP contribution in [0.2, 0.25) is 0 Å². The SMILES string of the molecule is Cc1c(-c2nc3c(o2)CCN(CC(=O)O)C3)cccc1-c1cccc(-c2nc3cc(COC(=O)[C@@H]4CCCN4)c(OC(F)F)cc3o2)c1C. The summed E-state index contributed by atoms with van der Waals surface area (Å²) in [4.78, 5) is 34.9. The Bertz CT molecular complexity index is 2050. The third-order valence-electron chi connectivity index (χ3n) is 9.09. The van der Waals surface area contributed by atoms with E-state index < -0.39 is 24.6 Å². The molecule has 3 aromatic carbocycles. The minimum Gasteiger partial charge on any atom is -0.480 e. The number of benzene rings is 3. The fraction of sp³-hybridized carbons (Fsp3) is 0.333. The molecule has 2 aromatic heterocycles. The summed E-state index contributed by atoms with van der Waals surface area (Å²) in [6.07, 6.45) is 2.10. The van der Waals surface area contributed by atoms with Crippen LogP contribution >= 0.6 is 0 Å². The van der Waals surface area contributed by atoms with Crippen LogP contribution in [0.25, 0.3) is 45.1 Å². The Morgan fingerprint density at radius 2 is 1.71 bits per heavy atom. The number of rotatable bonds is 10. The largest absolute Gasteiger partial charge is 0.480 e. The number of carboxylic acids is 1. The number of aromatic nitrogens is 2. The van der Waals surface area contributed by atoms with Crippen LogP contribution in [0, 0.1) is 13.8 Å². The average molecular weight is 673 g/mol. The lowest BCUT2D eigenvalue weighted by Gasteiger charge is -2.22. The highest BCUT2D eigenvalue weighted by Gasteiger charge is 2.27. The summed E-state index contributed by atoms with van der Waals surface area (Å²) in [5.74, 6) is 0.0660. The summed E-state index contributed by atoms with van der Waals surface area (Å²) in [6, 6.07) is 14.1. The lowest BCUT2D eigenvalue weighted by molar-refractivity contribution is -0.147. The van der Waals surface area contributed by atoms with E-state index in [0.29, 0.717) is 48.8 Å². The third-order valence-corrected chi connectivity index (χ3v) is 9.09. The topological polar surface area (TPSA) is 140 Å². The maximum absolute atomic E-state index is 13.3. The molecule has 1 fully saturated rings. The van der Waals surface area contributed by atoms with E-state index in [1.54, 1.807) is 6.07 Å². The molecule has 2 aliphatic rings. The molecule has 7 rings (SSSR count). The number of carbonyl (C=O) groups excluding carboxylic acids is 1. The zero-order valence-corrected chi connectivity index (χ0v) is 26.9. The molecule has 11 nitrogen and oxygen atoms in total. The predicted octanol–water partition coefficient (Wildman–Crippen LogP) is 6.27. The summed E-state index contributed by atoms with van der Waals surface area (Å²) in [5, 5.41) is 12.3. The fourth-order valence-electron chi connectivity index (χ4n) is 6.58. The number of nitrogens with zero attached hydrogens (tertiary/aromatic N) is 3. The highest BCUT2D eigenvalue weighted by atomic mass is 19.3. The second kappa shape index (κ2) is 13.4. The smallest absolute Gasteiger partial charge is 0.387 e. The van der Waals surface area contributed by atoms with Gasteiger partial charge in [-0.05, 0) is 73.7 Å². The van der Waals surface area contributed by atoms with Gasteiger partial charge in [0.1, 0.15) is 29.7 Å². The lowest BCUT2D eigenvalue weighted by Crippen LogP contribution is -2.34. The van der Waals surface area contributed by atoms with Gasteiger partial charge in [-0.1, -0.05) is 24.3 Å². The van der Waals surface area contributed by atoms with Gasteiger partial charge in [-0.3, -0.25) is 14.5 Å². The molecule has 4 heterocycles. The minimum absolute atomic E-state index is 0.0502. The van der Waals surface area contributed by atoms with Crippen molar-refractivity contribution < 1.29 is 41.8 Å². The van der Waals surface area contributed by atoms with Crippen molar-refractivity contribution in [3.8, 4) is 39.8 Å². The van der Waals surface area contributed by atoms with Crippen molar-refractivity contribution in [3.05, 3.63) is 76.7 Å². The van der Waals surface area contributed by atoms with Crippen LogP contribution in [-0.4, -0.2) is 64.2 Å². The number of halogens is 2. The fourth-order valence-corrected chi connectivity index (χ4v) is 6.58. The van der Waals surface area contributed by atoms with Crippen LogP contribution < -0.4 is 10.1 Å². The van der Waals surface area contributed by atoms with Gasteiger partial charge >= 0.3 is 18.6 Å². The average Bonchev–Trinajstić information content (AvgIpc) is 3.83. The highest BCUT2D eigenvalue weighted by molar-refractivity contribution is 5.84. The monoisotopic (exact) mass is 672 g/mol. The zero-order chi connectivity index (χ0) is 34.2. The molecule has 0 amide bonds. The Kier molecular flexibility index (Phi) is 8.86. The van der Waals surface area contributed by atoms with E-state index in [9.17, 15) is 23.5 Å². The molecular formula is C36H34F2N4O7. The molecule has 0 saturated carbocycles. The van der Waals surface area contributed by atoms with E-state index in [0.717, 1.165) is 52.2 Å². The summed E-state index contributed by atoms with van der Waals surface area (Å²) in [6.45, 7) is 2.28. The van der Waals surface area contributed by atoms with E-state index in [-0.39, 0.29) is 30.0 Å². The third kappa shape index (κ3) is 6.63. The Morgan fingerprint density at radius 1 is 1.02 bits per heavy atom. The summed E-state index contributed by atoms with van der Waals surface area (Å²) >= 11 is 0. The molecule has 0 spiro atoms. The van der Waals surface area contributed by atoms with Crippen molar-refractivity contribution in [2.24, 2.45) is 0 Å². The maximum atomic E-state index is 13.3. The maximum Gasteiger partial charge on any atom is 0.387 e. The number of fused-ring (bicyclic) bond motifs is 2. The van der Waals surface area contributed by atoms with Gasteiger partial charge in [0.05, 0.1) is 12.2 Å². The van der Waals surface area contributed by atoms with Gasteiger partial charge in [-0.15, -0.1) is 0 Å². The molecular weight excluding hydrogens is 638 g/mol. The molecule has 2 aliphatic heterocycles. The molecule has 0 radical (unpaired) electrons. The number of nitrogens with one attached hydrogen (secondary N) is 1. The van der Waals surface area contributed by atoms with Crippen LogP contribution in [0.1, 0.15) is 41.0 Å². The number of aliphatic carboxylic acids is 1. The molecule has 0 aliphatic carbocycles. The van der Waals surface area contributed by atoms with Crippen molar-refractivity contribution in [2.75, 3.05) is 19.6 Å². The summed E-state index contributed by atoms with van der Waals surface area (Å²) in [7, 11) is 0. The molecule has 1 atom stereocenters. The highest BCUT2D eigenvalue weighted by Crippen LogP contribution is 2.39. The molecule has 49 heavy (non-hydrogen) atoms. The lowest BCUT2D eigenvalue weighted by atomic mass is 9.91. The van der Waals surface area contributed by atoms with Crippen LogP contribution in [0.15, 0.2) is 57.4 Å². The van der Waals surface area contributed by atoms with Crippen LogP contribution in [-0.2, 0) is 33.9 Å². The van der Waals surface area contributed by atoms with Gasteiger partial charge < -0.3 is 28.7 Å². The summed E-state index contributed by atoms with van der Waals surface area (Å²) < 4.78 is 49.2. The van der Waals surface area contributed by atoms with Crippen molar-refractivity contribution in [1.29, 1.82) is 0 Å². The normalized spacial score (nSPS) is 16.3. The van der Waals surface area contributed by atoms with Gasteiger partial charge in [0, 0.05) is 42.3 Å². The van der Waals surface area contributed by atoms with Crippen LogP contribution in [0.4, 0.5) is 8.78 Å². The Hall–Kier alpha value is -5.14. The molecule has 2 N–H and O–H groups in total. The first kappa shape index (κ1) is 32.4. The Morgan fingerprint density at radius 3 is 2.37 bits per heavy atom. The van der Waals surface area contributed by atoms with Gasteiger partial charge in [0.25, 0.3) is 0 Å². The Balaban J connectivity index is 1.19. The van der Waals surface area contributed by atoms with Crippen LogP contribution in [0.3, 0.4) is 0 Å². The second-order valence-corrected chi connectivity index (χ2v) is 12.3. The second-order valence-electron chi connectivity index (χ2n) is 12.3. The summed E-state index contributed by atoms with van der Waals surface area (Å²) in [5.41, 5.74) is 6.88. The molecule has 13 heteroatoms. The number of hydrogen-bond acceptors (Lipinski definition) is 10. The number of carboxylic acid groups (broad SMARTS) is 1. The van der Waals surface area contributed by atoms with Crippen molar-refractivity contribution in [3.63, 3.8) is 0 Å². The van der Waals surface area contributed by atoms with Gasteiger partial charge in [0.15, 0.2) is 5.58 Å². The molecule has 254 valence electrons. The van der Waals surface area contributed by atoms with Gasteiger partial charge in [0.2, 0.25) is 11.8 Å². The zero-order valence-electron chi connectivity index (χ0n) is 26.9. The molecule has 0 unspecified atom stereocenters. The first-order valence-corrected chi connectivity index (χ1v) is 16.1. The van der Waals surface area contributed by atoms with Crippen LogP contribution in [0.5, 0.6) is 5.75 Å². The number of esters is 1. The van der Waals surface area contributed by atoms with Crippen molar-refractivity contribution >= 4 is 23.0 Å². The van der Waals surface area contributed by atoms with E-state index in [1.165, 1.54) is 6.07 Å². The number of hydrogen-bond donors (Lipinski definition) is 2. The predicted molar refractivity (Wildman–Crippen MR) is 174 cm³/mol. The van der Waals surface area contributed by atoms with E-state index in [1.807, 2.05) is 55.1 Å². The standard InChI is InChI=1S/C36H34F2N4O7/c1-19-22(23-7-4-9-25(20(23)2)34-41-28-16-42(17-32(43)44)13-11-29(28)47-34)6-3-8-24(19)33-40-27-14-21(18-46-35(45)26-10-5-12-39-26)30(49-36(37)38)15-31(27)48-33/h3-4,6-9,14-15,26,36,39H,5,10-13,16-18H2,1-2H3,(H,43,44)/t26-/m0/s1. The first-order valence-electron chi connectivity index (χ1n) is 16.1. The van der Waals surface area contributed by atoms with Crippen molar-refractivity contribution in [2.45, 2.75) is 58.9 Å². The number of ether oxygens (including phenoxy) is 2. The molecule has 0 bridgehead atoms. The van der Waals surface area contributed by atoms with E-state index in [2.05, 4.69) is 10.3 Å². The molecule has 5 aromatic rings. The number of oxazole rings is 2. The Labute approximate surface area is 279 Å². The van der Waals surface area contributed by atoms with E-state index in [4.69, 9.17) is 23.3 Å². The van der Waals surface area contributed by atoms with E-state index >= 15 is 0 Å². The van der Waals surface area contributed by atoms with Gasteiger partial charge in [-0.25, -0.2) is 9.97 Å². The van der Waals surface area contributed by atoms with Crippen molar-refractivity contribution in [1.82, 2.24) is 20.2 Å². The number of alkyl halides is 2. The molecule has 1 saturated heterocycles. The quantitative estimate of drug-likeness (QED) is 0.162. The number of carbonyl (C=O) groups is 2. The first-order chi connectivity index (χ1) is 23.6. The minimum atomic E-state index is -3.09.